The van der Waals surface area contributed by atoms with Crippen molar-refractivity contribution in [1.29, 1.82) is 0 Å². The molecule has 0 bridgehead atoms. The monoisotopic (exact) mass is 369 g/mol. The molecule has 140 valence electrons. The van der Waals surface area contributed by atoms with E-state index >= 15 is 0 Å². The second-order valence-corrected chi connectivity index (χ2v) is 5.94. The van der Waals surface area contributed by atoms with Crippen molar-refractivity contribution in [2.24, 2.45) is 0 Å². The second-order valence-electron chi connectivity index (χ2n) is 5.94. The Morgan fingerprint density at radius 1 is 1.11 bits per heavy atom. The summed E-state index contributed by atoms with van der Waals surface area (Å²) < 4.78 is 21.5. The highest BCUT2D eigenvalue weighted by atomic mass is 16.6. The number of ether oxygens (including phenoxy) is 4. The lowest BCUT2D eigenvalue weighted by atomic mass is 10.1. The molecule has 2 aromatic carbocycles. The second kappa shape index (κ2) is 7.41. The SMILES string of the molecule is COc1cccc(C=C2Oc3cc(OC(=O)N(C)C)ccc3C2=O)c1OC. The van der Waals surface area contributed by atoms with Crippen molar-refractivity contribution in [1.82, 2.24) is 4.90 Å². The van der Waals surface area contributed by atoms with Gasteiger partial charge in [0.05, 0.1) is 19.8 Å². The Balaban J connectivity index is 1.91. The Hall–Kier alpha value is -3.48. The molecule has 3 rings (SSSR count). The van der Waals surface area contributed by atoms with Gasteiger partial charge in [0.25, 0.3) is 0 Å². The van der Waals surface area contributed by atoms with Gasteiger partial charge in [-0.3, -0.25) is 4.79 Å². The third kappa shape index (κ3) is 3.57. The molecule has 1 aliphatic rings. The number of carbonyl (C=O) groups excluding carboxylic acids is 2. The van der Waals surface area contributed by atoms with Crippen LogP contribution in [0.15, 0.2) is 42.2 Å². The first-order chi connectivity index (χ1) is 12.9. The highest BCUT2D eigenvalue weighted by Gasteiger charge is 2.28. The summed E-state index contributed by atoms with van der Waals surface area (Å²) >= 11 is 0. The summed E-state index contributed by atoms with van der Waals surface area (Å²) in [4.78, 5) is 25.6. The maximum atomic E-state index is 12.6. The Morgan fingerprint density at radius 3 is 2.56 bits per heavy atom. The van der Waals surface area contributed by atoms with Gasteiger partial charge in [0.2, 0.25) is 5.78 Å². The van der Waals surface area contributed by atoms with Gasteiger partial charge in [-0.1, -0.05) is 12.1 Å². The number of allylic oxidation sites excluding steroid dienone is 1. The third-order valence-corrected chi connectivity index (χ3v) is 3.93. The van der Waals surface area contributed by atoms with Gasteiger partial charge in [-0.15, -0.1) is 0 Å². The first kappa shape index (κ1) is 18.3. The van der Waals surface area contributed by atoms with E-state index in [1.165, 1.54) is 18.1 Å². The van der Waals surface area contributed by atoms with E-state index in [1.54, 1.807) is 57.6 Å². The standard InChI is InChI=1S/C20H19NO6/c1-21(2)20(23)26-13-8-9-14-16(11-13)27-17(18(14)22)10-12-6-5-7-15(24-3)19(12)25-4/h5-11H,1-4H3. The summed E-state index contributed by atoms with van der Waals surface area (Å²) in [6.45, 7) is 0. The minimum atomic E-state index is -0.517. The molecular weight excluding hydrogens is 350 g/mol. The molecule has 1 amide bonds. The fourth-order valence-corrected chi connectivity index (χ4v) is 2.59. The summed E-state index contributed by atoms with van der Waals surface area (Å²) in [5.41, 5.74) is 1.04. The Bertz CT molecular complexity index is 932. The predicted octanol–water partition coefficient (Wildman–Crippen LogP) is 3.38. The molecule has 0 radical (unpaired) electrons. The predicted molar refractivity (Wildman–Crippen MR) is 98.6 cm³/mol. The zero-order chi connectivity index (χ0) is 19.6. The number of fused-ring (bicyclic) bond motifs is 1. The van der Waals surface area contributed by atoms with Crippen molar-refractivity contribution < 1.29 is 28.5 Å². The molecule has 0 saturated carbocycles. The highest BCUT2D eigenvalue weighted by Crippen LogP contribution is 2.37. The van der Waals surface area contributed by atoms with Gasteiger partial charge in [0.15, 0.2) is 17.3 Å². The number of methoxy groups -OCH3 is 2. The number of para-hydroxylation sites is 1. The highest BCUT2D eigenvalue weighted by molar-refractivity contribution is 6.14. The summed E-state index contributed by atoms with van der Waals surface area (Å²) in [7, 11) is 6.23. The average Bonchev–Trinajstić information content (AvgIpc) is 2.96. The number of nitrogens with zero attached hydrogens (tertiary/aromatic N) is 1. The number of hydrogen-bond acceptors (Lipinski definition) is 6. The molecule has 0 fully saturated rings. The Kier molecular flexibility index (Phi) is 5.03. The number of amides is 1. The first-order valence-corrected chi connectivity index (χ1v) is 8.13. The van der Waals surface area contributed by atoms with E-state index in [9.17, 15) is 9.59 Å². The lowest BCUT2D eigenvalue weighted by molar-refractivity contribution is 0.101. The minimum absolute atomic E-state index is 0.146. The summed E-state index contributed by atoms with van der Waals surface area (Å²) in [5.74, 6) is 1.55. The van der Waals surface area contributed by atoms with Gasteiger partial charge >= 0.3 is 6.09 Å². The van der Waals surface area contributed by atoms with Gasteiger partial charge in [0.1, 0.15) is 11.5 Å². The molecule has 0 spiro atoms. The van der Waals surface area contributed by atoms with Crippen LogP contribution in [0.25, 0.3) is 6.08 Å². The molecule has 0 aliphatic carbocycles. The first-order valence-electron chi connectivity index (χ1n) is 8.13. The van der Waals surface area contributed by atoms with Crippen molar-refractivity contribution >= 4 is 18.0 Å². The van der Waals surface area contributed by atoms with Crippen molar-refractivity contribution in [3.05, 3.63) is 53.3 Å². The average molecular weight is 369 g/mol. The fraction of sp³-hybridized carbons (Fsp3) is 0.200. The van der Waals surface area contributed by atoms with E-state index in [2.05, 4.69) is 0 Å². The van der Waals surface area contributed by atoms with E-state index in [-0.39, 0.29) is 11.5 Å². The van der Waals surface area contributed by atoms with Crippen LogP contribution in [0.4, 0.5) is 4.79 Å². The van der Waals surface area contributed by atoms with Crippen LogP contribution in [0, 0.1) is 0 Å². The Labute approximate surface area is 156 Å². The van der Waals surface area contributed by atoms with Crippen molar-refractivity contribution in [2.75, 3.05) is 28.3 Å². The fourth-order valence-electron chi connectivity index (χ4n) is 2.59. The van der Waals surface area contributed by atoms with E-state index in [0.29, 0.717) is 34.1 Å². The van der Waals surface area contributed by atoms with Crippen LogP contribution in [0.2, 0.25) is 0 Å². The zero-order valence-electron chi connectivity index (χ0n) is 15.4. The van der Waals surface area contributed by atoms with Crippen molar-refractivity contribution in [3.63, 3.8) is 0 Å². The largest absolute Gasteiger partial charge is 0.493 e. The van der Waals surface area contributed by atoms with Crippen LogP contribution < -0.4 is 18.9 Å². The number of Topliss-reactive ketones (excluding diaryl/α,β-unsaturated/α-hetero) is 1. The summed E-state index contributed by atoms with van der Waals surface area (Å²) in [6.07, 6.45) is 1.08. The lowest BCUT2D eigenvalue weighted by Crippen LogP contribution is -2.25. The van der Waals surface area contributed by atoms with E-state index in [1.807, 2.05) is 0 Å². The maximum absolute atomic E-state index is 12.6. The van der Waals surface area contributed by atoms with Gasteiger partial charge in [0, 0.05) is 25.7 Å². The van der Waals surface area contributed by atoms with Crippen LogP contribution in [-0.4, -0.2) is 45.1 Å². The zero-order valence-corrected chi connectivity index (χ0v) is 15.4. The smallest absolute Gasteiger partial charge is 0.414 e. The van der Waals surface area contributed by atoms with Gasteiger partial charge < -0.3 is 23.8 Å². The van der Waals surface area contributed by atoms with Crippen LogP contribution in [0.1, 0.15) is 15.9 Å². The molecular formula is C20H19NO6. The molecule has 0 aromatic heterocycles. The number of rotatable bonds is 4. The topological polar surface area (TPSA) is 74.3 Å². The van der Waals surface area contributed by atoms with Crippen molar-refractivity contribution in [3.8, 4) is 23.0 Å². The van der Waals surface area contributed by atoms with Gasteiger partial charge in [-0.25, -0.2) is 4.79 Å². The third-order valence-electron chi connectivity index (χ3n) is 3.93. The molecule has 27 heavy (non-hydrogen) atoms. The Morgan fingerprint density at radius 2 is 1.89 bits per heavy atom. The minimum Gasteiger partial charge on any atom is -0.493 e. The van der Waals surface area contributed by atoms with E-state index in [4.69, 9.17) is 18.9 Å². The molecule has 1 heterocycles. The van der Waals surface area contributed by atoms with Gasteiger partial charge in [-0.05, 0) is 24.3 Å². The molecule has 7 nitrogen and oxygen atoms in total. The molecule has 1 aliphatic heterocycles. The lowest BCUT2D eigenvalue weighted by Gasteiger charge is -2.11. The molecule has 7 heteroatoms. The van der Waals surface area contributed by atoms with Crippen LogP contribution in [0.3, 0.4) is 0 Å². The maximum Gasteiger partial charge on any atom is 0.414 e. The molecule has 0 unspecified atom stereocenters. The van der Waals surface area contributed by atoms with E-state index in [0.717, 1.165) is 0 Å². The van der Waals surface area contributed by atoms with Crippen LogP contribution in [0.5, 0.6) is 23.0 Å². The van der Waals surface area contributed by atoms with Gasteiger partial charge in [-0.2, -0.15) is 0 Å². The van der Waals surface area contributed by atoms with Crippen LogP contribution in [-0.2, 0) is 0 Å². The molecule has 2 aromatic rings. The van der Waals surface area contributed by atoms with E-state index < -0.39 is 6.09 Å². The molecule has 0 N–H and O–H groups in total. The van der Waals surface area contributed by atoms with Crippen LogP contribution >= 0.6 is 0 Å². The molecule has 0 saturated heterocycles. The number of ketones is 1. The number of hydrogen-bond donors (Lipinski definition) is 0. The number of benzene rings is 2. The quantitative estimate of drug-likeness (QED) is 0.769. The van der Waals surface area contributed by atoms with Crippen molar-refractivity contribution in [2.45, 2.75) is 0 Å². The normalized spacial score (nSPS) is 13.8. The summed E-state index contributed by atoms with van der Waals surface area (Å²) in [6, 6.07) is 9.98. The number of carbonyl (C=O) groups is 2. The summed E-state index contributed by atoms with van der Waals surface area (Å²) in [5, 5.41) is 0. The molecule has 0 atom stereocenters.